The van der Waals surface area contributed by atoms with Gasteiger partial charge in [-0.2, -0.15) is 4.31 Å². The molecule has 0 N–H and O–H groups in total. The lowest BCUT2D eigenvalue weighted by Gasteiger charge is -2.35. The molecular formula is C26H27Cl2N3O4S. The molecule has 1 atom stereocenters. The number of carbonyl (C=O) groups excluding carboxylic acids is 1. The Labute approximate surface area is 221 Å². The summed E-state index contributed by atoms with van der Waals surface area (Å²) in [6, 6.07) is 19.2. The van der Waals surface area contributed by atoms with E-state index in [4.69, 9.17) is 27.9 Å². The van der Waals surface area contributed by atoms with E-state index >= 15 is 0 Å². The van der Waals surface area contributed by atoms with Crippen molar-refractivity contribution in [2.45, 2.75) is 36.7 Å². The number of benzene rings is 2. The first-order chi connectivity index (χ1) is 17.4. The second-order valence-electron chi connectivity index (χ2n) is 8.48. The minimum Gasteiger partial charge on any atom is -0.370 e. The Morgan fingerprint density at radius 2 is 1.72 bits per heavy atom. The normalized spacial score (nSPS) is 16.6. The molecule has 3 aromatic rings. The molecule has 0 bridgehead atoms. The van der Waals surface area contributed by atoms with E-state index in [9.17, 15) is 13.2 Å². The van der Waals surface area contributed by atoms with E-state index in [1.807, 2.05) is 36.4 Å². The predicted octanol–water partition coefficient (Wildman–Crippen LogP) is 5.18. The molecule has 36 heavy (non-hydrogen) atoms. The lowest BCUT2D eigenvalue weighted by Crippen LogP contribution is -2.46. The van der Waals surface area contributed by atoms with Crippen LogP contribution in [0.15, 0.2) is 77.8 Å². The third-order valence-electron chi connectivity index (χ3n) is 6.00. The first-order valence-electron chi connectivity index (χ1n) is 11.7. The largest absolute Gasteiger partial charge is 0.370 e. The van der Waals surface area contributed by atoms with Gasteiger partial charge in [0.1, 0.15) is 17.3 Å². The SMILES string of the molecule is O=C(COCC1CCCCN1S(=O)(=O)c1c(Cl)cccc1Cl)N(Cc1ccccc1)c1ccccn1. The molecule has 0 radical (unpaired) electrons. The molecule has 190 valence electrons. The van der Waals surface area contributed by atoms with Gasteiger partial charge in [0.05, 0.1) is 23.2 Å². The fraction of sp³-hybridized carbons (Fsp3) is 0.308. The van der Waals surface area contributed by atoms with Gasteiger partial charge in [0.25, 0.3) is 5.91 Å². The molecule has 7 nitrogen and oxygen atoms in total. The zero-order valence-electron chi connectivity index (χ0n) is 19.6. The van der Waals surface area contributed by atoms with E-state index in [0.717, 1.165) is 18.4 Å². The lowest BCUT2D eigenvalue weighted by molar-refractivity contribution is -0.123. The highest BCUT2D eigenvalue weighted by atomic mass is 35.5. The van der Waals surface area contributed by atoms with Crippen molar-refractivity contribution in [3.63, 3.8) is 0 Å². The molecule has 1 aliphatic rings. The van der Waals surface area contributed by atoms with Crippen molar-refractivity contribution in [3.8, 4) is 0 Å². The minimum atomic E-state index is -3.94. The summed E-state index contributed by atoms with van der Waals surface area (Å²) in [5.41, 5.74) is 0.956. The molecular weight excluding hydrogens is 521 g/mol. The van der Waals surface area contributed by atoms with Crippen LogP contribution in [-0.4, -0.2) is 49.4 Å². The standard InChI is InChI=1S/C26H27Cl2N3O4S/c27-22-12-8-13-23(28)26(22)36(33,34)31-16-7-5-11-21(31)18-35-19-25(32)30(24-14-4-6-15-29-24)17-20-9-2-1-3-10-20/h1-4,6,8-10,12-15,21H,5,7,11,16-19H2. The van der Waals surface area contributed by atoms with Crippen LogP contribution in [0.4, 0.5) is 5.82 Å². The van der Waals surface area contributed by atoms with Gasteiger partial charge in [0.2, 0.25) is 10.0 Å². The summed E-state index contributed by atoms with van der Waals surface area (Å²) in [6.45, 7) is 0.546. The van der Waals surface area contributed by atoms with Crippen LogP contribution in [0.5, 0.6) is 0 Å². The van der Waals surface area contributed by atoms with Gasteiger partial charge in [-0.1, -0.05) is 72.1 Å². The Morgan fingerprint density at radius 1 is 1.00 bits per heavy atom. The maximum absolute atomic E-state index is 13.5. The van der Waals surface area contributed by atoms with E-state index in [1.54, 1.807) is 29.3 Å². The summed E-state index contributed by atoms with van der Waals surface area (Å²) in [6.07, 6.45) is 3.83. The monoisotopic (exact) mass is 547 g/mol. The number of rotatable bonds is 9. The van der Waals surface area contributed by atoms with Gasteiger partial charge in [-0.3, -0.25) is 9.69 Å². The van der Waals surface area contributed by atoms with E-state index in [0.29, 0.717) is 25.3 Å². The zero-order valence-corrected chi connectivity index (χ0v) is 21.9. The van der Waals surface area contributed by atoms with Crippen molar-refractivity contribution in [3.05, 3.63) is 88.5 Å². The molecule has 4 rings (SSSR count). The van der Waals surface area contributed by atoms with Crippen molar-refractivity contribution in [2.75, 3.05) is 24.7 Å². The van der Waals surface area contributed by atoms with Crippen molar-refractivity contribution in [1.82, 2.24) is 9.29 Å². The quantitative estimate of drug-likeness (QED) is 0.368. The average Bonchev–Trinajstić information content (AvgIpc) is 2.88. The highest BCUT2D eigenvalue weighted by Crippen LogP contribution is 2.34. The second kappa shape index (κ2) is 12.2. The van der Waals surface area contributed by atoms with Gasteiger partial charge in [0, 0.05) is 18.8 Å². The van der Waals surface area contributed by atoms with Gasteiger partial charge in [-0.05, 0) is 42.7 Å². The minimum absolute atomic E-state index is 0.0778. The number of nitrogens with zero attached hydrogens (tertiary/aromatic N) is 3. The summed E-state index contributed by atoms with van der Waals surface area (Å²) in [5, 5.41) is 0.157. The van der Waals surface area contributed by atoms with Crippen LogP contribution in [-0.2, 0) is 26.1 Å². The van der Waals surface area contributed by atoms with Crippen LogP contribution in [0.1, 0.15) is 24.8 Å². The average molecular weight is 548 g/mol. The number of aromatic nitrogens is 1. The lowest BCUT2D eigenvalue weighted by atomic mass is 10.1. The molecule has 0 spiro atoms. The van der Waals surface area contributed by atoms with E-state index in [1.165, 1.54) is 16.4 Å². The first-order valence-corrected chi connectivity index (χ1v) is 13.9. The van der Waals surface area contributed by atoms with Crippen LogP contribution in [0.2, 0.25) is 10.0 Å². The number of piperidine rings is 1. The van der Waals surface area contributed by atoms with Gasteiger partial charge >= 0.3 is 0 Å². The maximum atomic E-state index is 13.5. The van der Waals surface area contributed by atoms with Crippen LogP contribution < -0.4 is 4.90 Å². The molecule has 0 saturated carbocycles. The molecule has 1 fully saturated rings. The highest BCUT2D eigenvalue weighted by Gasteiger charge is 2.36. The number of hydrogen-bond acceptors (Lipinski definition) is 5. The summed E-state index contributed by atoms with van der Waals surface area (Å²) in [4.78, 5) is 19.0. The zero-order chi connectivity index (χ0) is 25.5. The molecule has 0 aliphatic carbocycles. The van der Waals surface area contributed by atoms with Gasteiger partial charge in [-0.25, -0.2) is 13.4 Å². The summed E-state index contributed by atoms with van der Waals surface area (Å²) in [5.74, 6) is 0.252. The first kappa shape index (κ1) is 26.6. The summed E-state index contributed by atoms with van der Waals surface area (Å²) >= 11 is 12.4. The van der Waals surface area contributed by atoms with Gasteiger partial charge in [0.15, 0.2) is 0 Å². The predicted molar refractivity (Wildman–Crippen MR) is 141 cm³/mol. The Hall–Kier alpha value is -2.49. The number of pyridine rings is 1. The van der Waals surface area contributed by atoms with E-state index < -0.39 is 16.1 Å². The molecule has 1 unspecified atom stereocenters. The van der Waals surface area contributed by atoms with Gasteiger partial charge in [-0.15, -0.1) is 0 Å². The van der Waals surface area contributed by atoms with Crippen LogP contribution in [0.25, 0.3) is 0 Å². The molecule has 2 aromatic carbocycles. The van der Waals surface area contributed by atoms with E-state index in [-0.39, 0.29) is 34.1 Å². The Morgan fingerprint density at radius 3 is 2.42 bits per heavy atom. The molecule has 1 aliphatic heterocycles. The smallest absolute Gasteiger partial charge is 0.254 e. The Bertz CT molecular complexity index is 1260. The number of ether oxygens (including phenoxy) is 1. The van der Waals surface area contributed by atoms with E-state index in [2.05, 4.69) is 4.98 Å². The van der Waals surface area contributed by atoms with Crippen molar-refractivity contribution >= 4 is 45.0 Å². The molecule has 1 amide bonds. The number of hydrogen-bond donors (Lipinski definition) is 0. The van der Waals surface area contributed by atoms with Crippen LogP contribution in [0.3, 0.4) is 0 Å². The third kappa shape index (κ3) is 6.25. The summed E-state index contributed by atoms with van der Waals surface area (Å²) in [7, 11) is -3.94. The topological polar surface area (TPSA) is 79.8 Å². The second-order valence-corrected chi connectivity index (χ2v) is 11.1. The summed E-state index contributed by atoms with van der Waals surface area (Å²) < 4.78 is 34.1. The number of amides is 1. The van der Waals surface area contributed by atoms with Crippen molar-refractivity contribution in [2.24, 2.45) is 0 Å². The Balaban J connectivity index is 1.46. The third-order valence-corrected chi connectivity index (χ3v) is 8.91. The number of halogens is 2. The molecule has 10 heteroatoms. The fourth-order valence-corrected chi connectivity index (χ4v) is 7.01. The highest BCUT2D eigenvalue weighted by molar-refractivity contribution is 7.89. The van der Waals surface area contributed by atoms with Gasteiger partial charge < -0.3 is 4.74 Å². The van der Waals surface area contributed by atoms with Crippen molar-refractivity contribution in [1.29, 1.82) is 0 Å². The molecule has 1 saturated heterocycles. The number of sulfonamides is 1. The van der Waals surface area contributed by atoms with Crippen molar-refractivity contribution < 1.29 is 17.9 Å². The molecule has 2 heterocycles. The number of anilines is 1. The van der Waals surface area contributed by atoms with Crippen LogP contribution >= 0.6 is 23.2 Å². The fourth-order valence-electron chi connectivity index (χ4n) is 4.24. The number of carbonyl (C=O) groups is 1. The Kier molecular flexibility index (Phi) is 8.98. The molecule has 1 aromatic heterocycles. The van der Waals surface area contributed by atoms with Crippen LogP contribution in [0, 0.1) is 0 Å². The maximum Gasteiger partial charge on any atom is 0.254 e.